The smallest absolute Gasteiger partial charge is 0.261 e. The summed E-state index contributed by atoms with van der Waals surface area (Å²) in [5, 5.41) is 3.20. The Labute approximate surface area is 178 Å². The van der Waals surface area contributed by atoms with Gasteiger partial charge < -0.3 is 15.0 Å². The van der Waals surface area contributed by atoms with Crippen molar-refractivity contribution in [2.24, 2.45) is 0 Å². The maximum absolute atomic E-state index is 13.1. The minimum absolute atomic E-state index is 0.151. The molecule has 29 heavy (non-hydrogen) atoms. The Bertz CT molecular complexity index is 838. The Hall–Kier alpha value is -2.53. The van der Waals surface area contributed by atoms with Crippen molar-refractivity contribution in [3.8, 4) is 5.75 Å². The van der Waals surface area contributed by atoms with Crippen LogP contribution >= 0.6 is 11.6 Å². The van der Waals surface area contributed by atoms with Crippen molar-refractivity contribution in [1.82, 2.24) is 10.2 Å². The summed E-state index contributed by atoms with van der Waals surface area (Å²) in [7, 11) is 1.57. The average molecular weight is 417 g/mol. The van der Waals surface area contributed by atoms with Crippen LogP contribution in [0.25, 0.3) is 0 Å². The molecular formula is C23H29ClN2O3. The van der Waals surface area contributed by atoms with Crippen LogP contribution in [-0.4, -0.2) is 36.4 Å². The minimum atomic E-state index is -0.604. The maximum atomic E-state index is 13.1. The SMILES string of the molecule is CC[C@H](C(=O)NC)N(Cc1ccccc1Cl)C(=O)COc1ccccc1C(C)C. The molecule has 0 saturated heterocycles. The highest BCUT2D eigenvalue weighted by Crippen LogP contribution is 2.26. The van der Waals surface area contributed by atoms with Gasteiger partial charge in [0, 0.05) is 18.6 Å². The number of halogens is 1. The first-order valence-electron chi connectivity index (χ1n) is 9.85. The number of benzene rings is 2. The quantitative estimate of drug-likeness (QED) is 0.659. The summed E-state index contributed by atoms with van der Waals surface area (Å²) in [5.41, 5.74) is 1.82. The summed E-state index contributed by atoms with van der Waals surface area (Å²) in [4.78, 5) is 27.1. The van der Waals surface area contributed by atoms with Gasteiger partial charge in [-0.3, -0.25) is 9.59 Å². The third kappa shape index (κ3) is 5.97. The van der Waals surface area contributed by atoms with E-state index < -0.39 is 6.04 Å². The number of para-hydroxylation sites is 1. The molecule has 5 nitrogen and oxygen atoms in total. The lowest BCUT2D eigenvalue weighted by atomic mass is 10.0. The van der Waals surface area contributed by atoms with Crippen molar-refractivity contribution < 1.29 is 14.3 Å². The van der Waals surface area contributed by atoms with E-state index >= 15 is 0 Å². The fourth-order valence-electron chi connectivity index (χ4n) is 3.21. The molecule has 1 atom stereocenters. The summed E-state index contributed by atoms with van der Waals surface area (Å²) in [6, 6.07) is 14.4. The highest BCUT2D eigenvalue weighted by atomic mass is 35.5. The van der Waals surface area contributed by atoms with Crippen molar-refractivity contribution >= 4 is 23.4 Å². The molecule has 156 valence electrons. The van der Waals surface area contributed by atoms with Gasteiger partial charge in [-0.05, 0) is 35.6 Å². The zero-order valence-corrected chi connectivity index (χ0v) is 18.2. The lowest BCUT2D eigenvalue weighted by molar-refractivity contribution is -0.142. The number of rotatable bonds is 9. The summed E-state index contributed by atoms with van der Waals surface area (Å²) in [6.07, 6.45) is 0.485. The van der Waals surface area contributed by atoms with Gasteiger partial charge in [0.2, 0.25) is 5.91 Å². The molecule has 0 aliphatic heterocycles. The largest absolute Gasteiger partial charge is 0.483 e. The zero-order valence-electron chi connectivity index (χ0n) is 17.4. The molecule has 2 aromatic rings. The number of carbonyl (C=O) groups is 2. The molecule has 0 saturated carbocycles. The maximum Gasteiger partial charge on any atom is 0.261 e. The van der Waals surface area contributed by atoms with Crippen LogP contribution in [0.5, 0.6) is 5.75 Å². The Morgan fingerprint density at radius 2 is 1.76 bits per heavy atom. The molecule has 2 aromatic carbocycles. The highest BCUT2D eigenvalue weighted by molar-refractivity contribution is 6.31. The van der Waals surface area contributed by atoms with Crippen molar-refractivity contribution in [3.63, 3.8) is 0 Å². The fraction of sp³-hybridized carbons (Fsp3) is 0.391. The van der Waals surface area contributed by atoms with Crippen LogP contribution in [0.15, 0.2) is 48.5 Å². The zero-order chi connectivity index (χ0) is 21.4. The van der Waals surface area contributed by atoms with Crippen LogP contribution in [0.1, 0.15) is 44.2 Å². The molecule has 2 amide bonds. The molecule has 6 heteroatoms. The van der Waals surface area contributed by atoms with Crippen molar-refractivity contribution in [3.05, 3.63) is 64.7 Å². The second kappa shape index (κ2) is 10.9. The summed E-state index contributed by atoms with van der Waals surface area (Å²) < 4.78 is 5.86. The van der Waals surface area contributed by atoms with E-state index in [1.165, 1.54) is 4.90 Å². The van der Waals surface area contributed by atoms with Gasteiger partial charge in [-0.25, -0.2) is 0 Å². The fourth-order valence-corrected chi connectivity index (χ4v) is 3.40. The molecule has 0 bridgehead atoms. The van der Waals surface area contributed by atoms with Crippen LogP contribution in [0.2, 0.25) is 5.02 Å². The lowest BCUT2D eigenvalue weighted by Crippen LogP contribution is -2.49. The number of hydrogen-bond acceptors (Lipinski definition) is 3. The monoisotopic (exact) mass is 416 g/mol. The molecule has 0 aliphatic carbocycles. The number of nitrogens with zero attached hydrogens (tertiary/aromatic N) is 1. The van der Waals surface area contributed by atoms with Gasteiger partial charge in [0.25, 0.3) is 5.91 Å². The molecule has 0 aliphatic rings. The Morgan fingerprint density at radius 3 is 2.38 bits per heavy atom. The van der Waals surface area contributed by atoms with E-state index in [2.05, 4.69) is 19.2 Å². The Morgan fingerprint density at radius 1 is 1.10 bits per heavy atom. The van der Waals surface area contributed by atoms with E-state index in [-0.39, 0.29) is 30.9 Å². The topological polar surface area (TPSA) is 58.6 Å². The number of likely N-dealkylation sites (N-methyl/N-ethyl adjacent to an activating group) is 1. The normalized spacial score (nSPS) is 11.8. The second-order valence-corrected chi connectivity index (χ2v) is 7.54. The van der Waals surface area contributed by atoms with Gasteiger partial charge in [0.15, 0.2) is 6.61 Å². The van der Waals surface area contributed by atoms with Gasteiger partial charge in [0.1, 0.15) is 11.8 Å². The number of nitrogens with one attached hydrogen (secondary N) is 1. The molecule has 1 N–H and O–H groups in total. The summed E-state index contributed by atoms with van der Waals surface area (Å²) in [5.74, 6) is 0.478. The molecule has 0 aromatic heterocycles. The first-order chi connectivity index (χ1) is 13.9. The van der Waals surface area contributed by atoms with E-state index in [1.54, 1.807) is 13.1 Å². The second-order valence-electron chi connectivity index (χ2n) is 7.13. The molecule has 0 heterocycles. The predicted molar refractivity (Wildman–Crippen MR) is 116 cm³/mol. The number of amides is 2. The standard InChI is InChI=1S/C23H29ClN2O3/c1-5-20(23(28)25-4)26(14-17-10-6-8-12-19(17)24)22(27)15-29-21-13-9-7-11-18(21)16(2)3/h6-13,16,20H,5,14-15H2,1-4H3,(H,25,28)/t20-/m1/s1. The minimum Gasteiger partial charge on any atom is -0.483 e. The van der Waals surface area contributed by atoms with Crippen LogP contribution in [0, 0.1) is 0 Å². The Balaban J connectivity index is 2.24. The molecule has 2 rings (SSSR count). The van der Waals surface area contributed by atoms with E-state index in [9.17, 15) is 9.59 Å². The van der Waals surface area contributed by atoms with Crippen LogP contribution in [0.3, 0.4) is 0 Å². The van der Waals surface area contributed by atoms with Crippen LogP contribution in [-0.2, 0) is 16.1 Å². The van der Waals surface area contributed by atoms with Gasteiger partial charge in [-0.1, -0.05) is 68.8 Å². The molecule has 0 unspecified atom stereocenters. The first kappa shape index (κ1) is 22.8. The van der Waals surface area contributed by atoms with E-state index in [1.807, 2.05) is 49.4 Å². The average Bonchev–Trinajstić information content (AvgIpc) is 2.73. The molecule has 0 spiro atoms. The molecule has 0 radical (unpaired) electrons. The van der Waals surface area contributed by atoms with Gasteiger partial charge in [0.05, 0.1) is 0 Å². The number of ether oxygens (including phenoxy) is 1. The molecular weight excluding hydrogens is 388 g/mol. The summed E-state index contributed by atoms with van der Waals surface area (Å²) >= 11 is 6.29. The van der Waals surface area contributed by atoms with Crippen molar-refractivity contribution in [1.29, 1.82) is 0 Å². The third-order valence-corrected chi connectivity index (χ3v) is 5.19. The number of carbonyl (C=O) groups excluding carboxylic acids is 2. The van der Waals surface area contributed by atoms with E-state index in [0.717, 1.165) is 11.1 Å². The lowest BCUT2D eigenvalue weighted by Gasteiger charge is -2.30. The number of hydrogen-bond donors (Lipinski definition) is 1. The van der Waals surface area contributed by atoms with Gasteiger partial charge in [-0.2, -0.15) is 0 Å². The highest BCUT2D eigenvalue weighted by Gasteiger charge is 2.29. The van der Waals surface area contributed by atoms with E-state index in [0.29, 0.717) is 17.2 Å². The van der Waals surface area contributed by atoms with E-state index in [4.69, 9.17) is 16.3 Å². The molecule has 0 fully saturated rings. The van der Waals surface area contributed by atoms with Crippen molar-refractivity contribution in [2.45, 2.75) is 45.7 Å². The Kier molecular flexibility index (Phi) is 8.52. The first-order valence-corrected chi connectivity index (χ1v) is 10.2. The summed E-state index contributed by atoms with van der Waals surface area (Å²) in [6.45, 7) is 6.11. The van der Waals surface area contributed by atoms with Gasteiger partial charge in [-0.15, -0.1) is 0 Å². The van der Waals surface area contributed by atoms with Crippen LogP contribution < -0.4 is 10.1 Å². The van der Waals surface area contributed by atoms with Crippen molar-refractivity contribution in [2.75, 3.05) is 13.7 Å². The predicted octanol–water partition coefficient (Wildman–Crippen LogP) is 4.40. The van der Waals surface area contributed by atoms with Gasteiger partial charge >= 0.3 is 0 Å². The third-order valence-electron chi connectivity index (χ3n) is 4.82. The van der Waals surface area contributed by atoms with Crippen LogP contribution in [0.4, 0.5) is 0 Å².